The van der Waals surface area contributed by atoms with Crippen molar-refractivity contribution in [1.29, 1.82) is 0 Å². The molecule has 4 aliphatic rings. The van der Waals surface area contributed by atoms with E-state index in [0.717, 1.165) is 17.8 Å². The van der Waals surface area contributed by atoms with Crippen LogP contribution in [0.3, 0.4) is 0 Å². The molecule has 4 aromatic rings. The SMILES string of the molecule is c1ccc([Si](c2ccccc2)(c2ccccc2)c2cccc(C34CC5CC(CC(C5)C3)C4)c2)cc1. The van der Waals surface area contributed by atoms with E-state index < -0.39 is 8.07 Å². The molecule has 4 aliphatic carbocycles. The third kappa shape index (κ3) is 3.39. The van der Waals surface area contributed by atoms with Gasteiger partial charge < -0.3 is 0 Å². The molecule has 0 saturated heterocycles. The Hall–Kier alpha value is -2.90. The van der Waals surface area contributed by atoms with Crippen LogP contribution in [0.25, 0.3) is 0 Å². The van der Waals surface area contributed by atoms with Crippen LogP contribution in [0.15, 0.2) is 115 Å². The number of benzene rings is 4. The molecule has 0 atom stereocenters. The maximum Gasteiger partial charge on any atom is 0.179 e. The lowest BCUT2D eigenvalue weighted by Gasteiger charge is -2.57. The van der Waals surface area contributed by atoms with Gasteiger partial charge in [-0.25, -0.2) is 0 Å². The topological polar surface area (TPSA) is 0 Å². The Morgan fingerprint density at radius 2 is 0.857 bits per heavy atom. The highest BCUT2D eigenvalue weighted by Gasteiger charge is 2.52. The van der Waals surface area contributed by atoms with Crippen molar-refractivity contribution in [3.05, 3.63) is 121 Å². The van der Waals surface area contributed by atoms with Crippen LogP contribution in [0, 0.1) is 17.8 Å². The zero-order chi connectivity index (χ0) is 23.3. The minimum atomic E-state index is -2.45. The molecule has 0 amide bonds. The van der Waals surface area contributed by atoms with Gasteiger partial charge in [0.1, 0.15) is 0 Å². The predicted molar refractivity (Wildman–Crippen MR) is 150 cm³/mol. The summed E-state index contributed by atoms with van der Waals surface area (Å²) in [5.41, 5.74) is 2.04. The fraction of sp³-hybridized carbons (Fsp3) is 0.294. The second kappa shape index (κ2) is 8.35. The van der Waals surface area contributed by atoms with Gasteiger partial charge in [0.05, 0.1) is 0 Å². The molecular formula is C34H34Si. The molecule has 0 aliphatic heterocycles. The van der Waals surface area contributed by atoms with Crippen LogP contribution in [0.1, 0.15) is 44.1 Å². The predicted octanol–water partition coefficient (Wildman–Crippen LogP) is 5.53. The van der Waals surface area contributed by atoms with Crippen LogP contribution in [-0.4, -0.2) is 8.07 Å². The second-order valence-corrected chi connectivity index (χ2v) is 15.4. The van der Waals surface area contributed by atoms with Gasteiger partial charge in [0, 0.05) is 0 Å². The number of hydrogen-bond donors (Lipinski definition) is 0. The summed E-state index contributed by atoms with van der Waals surface area (Å²) < 4.78 is 0. The Labute approximate surface area is 211 Å². The van der Waals surface area contributed by atoms with Gasteiger partial charge in [0.25, 0.3) is 0 Å². The van der Waals surface area contributed by atoms with Gasteiger partial charge >= 0.3 is 0 Å². The smallest absolute Gasteiger partial charge is 0.0623 e. The third-order valence-electron chi connectivity index (χ3n) is 9.57. The molecule has 8 rings (SSSR count). The number of rotatable bonds is 5. The van der Waals surface area contributed by atoms with E-state index in [4.69, 9.17) is 0 Å². The van der Waals surface area contributed by atoms with Crippen molar-refractivity contribution < 1.29 is 0 Å². The van der Waals surface area contributed by atoms with Crippen molar-refractivity contribution in [3.63, 3.8) is 0 Å². The first-order chi connectivity index (χ1) is 17.3. The van der Waals surface area contributed by atoms with Gasteiger partial charge in [-0.1, -0.05) is 115 Å². The summed E-state index contributed by atoms with van der Waals surface area (Å²) >= 11 is 0. The summed E-state index contributed by atoms with van der Waals surface area (Å²) in [6, 6.07) is 44.1. The zero-order valence-electron chi connectivity index (χ0n) is 20.4. The Morgan fingerprint density at radius 3 is 1.29 bits per heavy atom. The van der Waals surface area contributed by atoms with E-state index in [1.54, 1.807) is 5.56 Å². The van der Waals surface area contributed by atoms with Crippen molar-refractivity contribution in [2.45, 2.75) is 43.9 Å². The summed E-state index contributed by atoms with van der Waals surface area (Å²) in [6.07, 6.45) is 8.73. The number of hydrogen-bond acceptors (Lipinski definition) is 0. The van der Waals surface area contributed by atoms with E-state index in [-0.39, 0.29) is 0 Å². The molecule has 4 fully saturated rings. The van der Waals surface area contributed by atoms with E-state index >= 15 is 0 Å². The third-order valence-corrected chi connectivity index (χ3v) is 14.3. The minimum Gasteiger partial charge on any atom is -0.0623 e. The summed E-state index contributed by atoms with van der Waals surface area (Å²) in [7, 11) is -2.45. The monoisotopic (exact) mass is 470 g/mol. The molecule has 0 aromatic heterocycles. The van der Waals surface area contributed by atoms with Gasteiger partial charge in [-0.2, -0.15) is 0 Å². The summed E-state index contributed by atoms with van der Waals surface area (Å²) in [4.78, 5) is 0. The van der Waals surface area contributed by atoms with E-state index in [2.05, 4.69) is 115 Å². The quantitative estimate of drug-likeness (QED) is 0.266. The molecule has 4 aromatic carbocycles. The lowest BCUT2D eigenvalue weighted by molar-refractivity contribution is -0.00515. The summed E-state index contributed by atoms with van der Waals surface area (Å²) in [5, 5.41) is 5.95. The lowest BCUT2D eigenvalue weighted by atomic mass is 9.48. The second-order valence-electron chi connectivity index (χ2n) is 11.6. The standard InChI is InChI=1S/C34H34Si/c1-4-12-30(13-5-1)35(31-14-6-2-7-15-31,32-16-8-3-9-17-32)33-18-10-11-29(22-33)34-23-26-19-27(24-34)21-28(20-26)25-34/h1-18,22,26-28H,19-21,23-25H2. The molecular weight excluding hydrogens is 436 g/mol. The molecule has 35 heavy (non-hydrogen) atoms. The summed E-state index contributed by atoms with van der Waals surface area (Å²) in [6.45, 7) is 0. The van der Waals surface area contributed by atoms with Crippen LogP contribution in [0.2, 0.25) is 0 Å². The Morgan fingerprint density at radius 1 is 0.457 bits per heavy atom. The molecule has 0 N–H and O–H groups in total. The molecule has 0 unspecified atom stereocenters. The highest BCUT2D eigenvalue weighted by molar-refractivity contribution is 7.19. The molecule has 4 saturated carbocycles. The zero-order valence-corrected chi connectivity index (χ0v) is 21.4. The lowest BCUT2D eigenvalue weighted by Crippen LogP contribution is -2.74. The molecule has 0 spiro atoms. The molecule has 174 valence electrons. The van der Waals surface area contributed by atoms with Crippen molar-refractivity contribution in [1.82, 2.24) is 0 Å². The van der Waals surface area contributed by atoms with Crippen LogP contribution >= 0.6 is 0 Å². The average Bonchev–Trinajstić information content (AvgIpc) is 2.91. The first-order valence-electron chi connectivity index (χ1n) is 13.5. The molecule has 0 heterocycles. The highest BCUT2D eigenvalue weighted by atomic mass is 28.3. The van der Waals surface area contributed by atoms with Gasteiger partial charge in [-0.3, -0.25) is 0 Å². The molecule has 0 radical (unpaired) electrons. The normalized spacial score (nSPS) is 27.1. The van der Waals surface area contributed by atoms with Crippen molar-refractivity contribution >= 4 is 28.8 Å². The maximum absolute atomic E-state index is 2.67. The van der Waals surface area contributed by atoms with Crippen LogP contribution < -0.4 is 20.7 Å². The van der Waals surface area contributed by atoms with Gasteiger partial charge in [0.15, 0.2) is 8.07 Å². The van der Waals surface area contributed by atoms with Crippen molar-refractivity contribution in [2.24, 2.45) is 17.8 Å². The van der Waals surface area contributed by atoms with Crippen LogP contribution in [0.4, 0.5) is 0 Å². The molecule has 0 nitrogen and oxygen atoms in total. The van der Waals surface area contributed by atoms with Crippen molar-refractivity contribution in [2.75, 3.05) is 0 Å². The molecule has 4 bridgehead atoms. The fourth-order valence-corrected chi connectivity index (χ4v) is 13.4. The molecule has 1 heteroatoms. The maximum atomic E-state index is 2.67. The minimum absolute atomic E-state index is 0.412. The van der Waals surface area contributed by atoms with Gasteiger partial charge in [-0.15, -0.1) is 0 Å². The first-order valence-corrected chi connectivity index (χ1v) is 15.5. The van der Waals surface area contributed by atoms with E-state index in [0.29, 0.717) is 5.41 Å². The Bertz CT molecular complexity index is 1180. The summed E-state index contributed by atoms with van der Waals surface area (Å²) in [5.74, 6) is 2.89. The largest absolute Gasteiger partial charge is 0.179 e. The van der Waals surface area contributed by atoms with E-state index in [9.17, 15) is 0 Å². The van der Waals surface area contributed by atoms with Crippen LogP contribution in [0.5, 0.6) is 0 Å². The Kier molecular flexibility index (Phi) is 5.10. The highest BCUT2D eigenvalue weighted by Crippen LogP contribution is 2.60. The van der Waals surface area contributed by atoms with E-state index in [1.165, 1.54) is 59.3 Å². The first kappa shape index (κ1) is 21.4. The van der Waals surface area contributed by atoms with Gasteiger partial charge in [-0.05, 0) is 88.0 Å². The average molecular weight is 471 g/mol. The van der Waals surface area contributed by atoms with E-state index in [1.807, 2.05) is 0 Å². The fourth-order valence-electron chi connectivity index (χ4n) is 8.61. The van der Waals surface area contributed by atoms with Gasteiger partial charge in [0.2, 0.25) is 0 Å². The van der Waals surface area contributed by atoms with Crippen LogP contribution in [-0.2, 0) is 5.41 Å². The Balaban J connectivity index is 1.47. The van der Waals surface area contributed by atoms with Crippen molar-refractivity contribution in [3.8, 4) is 0 Å².